The van der Waals surface area contributed by atoms with Crippen LogP contribution in [0.4, 0.5) is 13.2 Å². The second kappa shape index (κ2) is 5.11. The van der Waals surface area contributed by atoms with Crippen molar-refractivity contribution >= 4 is 23.2 Å². The molecule has 1 heterocycles. The molecule has 19 heavy (non-hydrogen) atoms. The van der Waals surface area contributed by atoms with Crippen LogP contribution in [0.5, 0.6) is 0 Å². The van der Waals surface area contributed by atoms with Crippen molar-refractivity contribution in [3.8, 4) is 11.8 Å². The number of benzene rings is 1. The second-order valence-corrected chi connectivity index (χ2v) is 4.24. The fourth-order valence-electron chi connectivity index (χ4n) is 1.46. The average molecular weight is 306 g/mol. The predicted octanol–water partition coefficient (Wildman–Crippen LogP) is 4.13. The molecule has 0 fully saturated rings. The van der Waals surface area contributed by atoms with E-state index in [-0.39, 0.29) is 15.9 Å². The first-order valence-electron chi connectivity index (χ1n) is 4.87. The minimum absolute atomic E-state index is 0.0929. The Balaban J connectivity index is 2.63. The third-order valence-corrected chi connectivity index (χ3v) is 2.98. The second-order valence-electron chi connectivity index (χ2n) is 3.47. The van der Waals surface area contributed by atoms with E-state index >= 15 is 0 Å². The number of hydrogen-bond acceptors (Lipinski definition) is 2. The molecule has 2 aromatic rings. The van der Waals surface area contributed by atoms with Crippen LogP contribution in [0.1, 0.15) is 17.7 Å². The lowest BCUT2D eigenvalue weighted by Gasteiger charge is -2.03. The van der Waals surface area contributed by atoms with Crippen molar-refractivity contribution in [3.63, 3.8) is 0 Å². The summed E-state index contributed by atoms with van der Waals surface area (Å²) in [6.07, 6.45) is -2.95. The van der Waals surface area contributed by atoms with Crippen molar-refractivity contribution in [1.82, 2.24) is 9.78 Å². The van der Waals surface area contributed by atoms with E-state index in [1.165, 1.54) is 12.1 Å². The molecule has 3 nitrogen and oxygen atoms in total. The van der Waals surface area contributed by atoms with Crippen LogP contribution in [0, 0.1) is 17.1 Å². The van der Waals surface area contributed by atoms with E-state index in [2.05, 4.69) is 5.10 Å². The molecule has 0 amide bonds. The van der Waals surface area contributed by atoms with Crippen molar-refractivity contribution in [2.24, 2.45) is 0 Å². The number of rotatable bonds is 2. The van der Waals surface area contributed by atoms with Gasteiger partial charge in [-0.1, -0.05) is 23.2 Å². The van der Waals surface area contributed by atoms with Crippen molar-refractivity contribution in [1.29, 1.82) is 5.26 Å². The van der Waals surface area contributed by atoms with Gasteiger partial charge in [-0.2, -0.15) is 10.4 Å². The van der Waals surface area contributed by atoms with Crippen molar-refractivity contribution in [2.45, 2.75) is 6.43 Å². The highest BCUT2D eigenvalue weighted by atomic mass is 35.5. The maximum atomic E-state index is 13.3. The highest BCUT2D eigenvalue weighted by Gasteiger charge is 2.24. The van der Waals surface area contributed by atoms with E-state index < -0.39 is 23.5 Å². The van der Waals surface area contributed by atoms with E-state index in [1.807, 2.05) is 0 Å². The SMILES string of the molecule is N#Cc1c(C(F)F)nn(-c2ccc(Cl)c(F)c2)c1Cl. The molecule has 0 aliphatic heterocycles. The van der Waals surface area contributed by atoms with Crippen molar-refractivity contribution < 1.29 is 13.2 Å². The Labute approximate surface area is 115 Å². The highest BCUT2D eigenvalue weighted by Crippen LogP contribution is 2.30. The quantitative estimate of drug-likeness (QED) is 0.837. The first-order chi connectivity index (χ1) is 8.95. The van der Waals surface area contributed by atoms with Gasteiger partial charge >= 0.3 is 0 Å². The summed E-state index contributed by atoms with van der Waals surface area (Å²) in [4.78, 5) is 0. The van der Waals surface area contributed by atoms with Crippen LogP contribution < -0.4 is 0 Å². The molecule has 0 atom stereocenters. The lowest BCUT2D eigenvalue weighted by Crippen LogP contribution is -1.98. The van der Waals surface area contributed by atoms with Crippen LogP contribution in [0.2, 0.25) is 10.2 Å². The molecule has 0 aliphatic carbocycles. The van der Waals surface area contributed by atoms with Crippen LogP contribution in [0.3, 0.4) is 0 Å². The van der Waals surface area contributed by atoms with Crippen LogP contribution in [-0.4, -0.2) is 9.78 Å². The summed E-state index contributed by atoms with van der Waals surface area (Å²) in [5.41, 5.74) is -1.09. The Hall–Kier alpha value is -1.71. The maximum absolute atomic E-state index is 13.3. The number of hydrogen-bond donors (Lipinski definition) is 0. The number of halogens is 5. The fraction of sp³-hybridized carbons (Fsp3) is 0.0909. The van der Waals surface area contributed by atoms with Gasteiger partial charge in [-0.25, -0.2) is 17.9 Å². The molecule has 0 radical (unpaired) electrons. The van der Waals surface area contributed by atoms with E-state index in [1.54, 1.807) is 6.07 Å². The summed E-state index contributed by atoms with van der Waals surface area (Å²) >= 11 is 11.3. The molecular weight excluding hydrogens is 302 g/mol. The lowest BCUT2D eigenvalue weighted by atomic mass is 10.3. The zero-order valence-electron chi connectivity index (χ0n) is 9.04. The van der Waals surface area contributed by atoms with Crippen LogP contribution in [0.25, 0.3) is 5.69 Å². The Morgan fingerprint density at radius 2 is 2.00 bits per heavy atom. The van der Waals surface area contributed by atoms with Crippen LogP contribution in [-0.2, 0) is 0 Å². The molecule has 8 heteroatoms. The largest absolute Gasteiger partial charge is 0.283 e. The summed E-state index contributed by atoms with van der Waals surface area (Å²) in [6, 6.07) is 5.11. The van der Waals surface area contributed by atoms with Crippen LogP contribution >= 0.6 is 23.2 Å². The van der Waals surface area contributed by atoms with E-state index in [0.29, 0.717) is 0 Å². The number of nitriles is 1. The third kappa shape index (κ3) is 2.39. The molecule has 0 saturated heterocycles. The third-order valence-electron chi connectivity index (χ3n) is 2.32. The molecule has 0 saturated carbocycles. The van der Waals surface area contributed by atoms with E-state index in [9.17, 15) is 13.2 Å². The van der Waals surface area contributed by atoms with Crippen molar-refractivity contribution in [2.75, 3.05) is 0 Å². The molecule has 0 bridgehead atoms. The topological polar surface area (TPSA) is 41.6 Å². The molecule has 0 unspecified atom stereocenters. The monoisotopic (exact) mass is 305 g/mol. The highest BCUT2D eigenvalue weighted by molar-refractivity contribution is 6.31. The van der Waals surface area contributed by atoms with Gasteiger partial charge in [0.2, 0.25) is 0 Å². The zero-order chi connectivity index (χ0) is 14.2. The minimum atomic E-state index is -2.95. The number of nitrogens with zero attached hydrogens (tertiary/aromatic N) is 3. The summed E-state index contributed by atoms with van der Waals surface area (Å²) in [6.45, 7) is 0. The minimum Gasteiger partial charge on any atom is -0.220 e. The molecule has 0 N–H and O–H groups in total. The van der Waals surface area contributed by atoms with Gasteiger partial charge in [0.1, 0.15) is 23.1 Å². The summed E-state index contributed by atoms with van der Waals surface area (Å²) in [7, 11) is 0. The molecular formula is C11H4Cl2F3N3. The Bertz CT molecular complexity index is 677. The van der Waals surface area contributed by atoms with E-state index in [4.69, 9.17) is 28.5 Å². The Kier molecular flexibility index (Phi) is 3.69. The molecule has 1 aromatic carbocycles. The maximum Gasteiger partial charge on any atom is 0.283 e. The number of aromatic nitrogens is 2. The lowest BCUT2D eigenvalue weighted by molar-refractivity contribution is 0.145. The first-order valence-corrected chi connectivity index (χ1v) is 5.63. The Morgan fingerprint density at radius 3 is 2.47 bits per heavy atom. The smallest absolute Gasteiger partial charge is 0.220 e. The van der Waals surface area contributed by atoms with Gasteiger partial charge in [-0.3, -0.25) is 0 Å². The molecule has 2 rings (SSSR count). The van der Waals surface area contributed by atoms with Crippen molar-refractivity contribution in [3.05, 3.63) is 45.4 Å². The first kappa shape index (κ1) is 13.7. The normalized spacial score (nSPS) is 10.8. The molecule has 1 aromatic heterocycles. The van der Waals surface area contributed by atoms with Gasteiger partial charge in [0.15, 0.2) is 5.15 Å². The molecule has 0 spiro atoms. The zero-order valence-corrected chi connectivity index (χ0v) is 10.6. The van der Waals surface area contributed by atoms with Gasteiger partial charge in [0.25, 0.3) is 6.43 Å². The van der Waals surface area contributed by atoms with Gasteiger partial charge < -0.3 is 0 Å². The Morgan fingerprint density at radius 1 is 1.32 bits per heavy atom. The van der Waals surface area contributed by atoms with Crippen LogP contribution in [0.15, 0.2) is 18.2 Å². The fourth-order valence-corrected chi connectivity index (χ4v) is 1.85. The van der Waals surface area contributed by atoms with Gasteiger partial charge in [-0.15, -0.1) is 0 Å². The summed E-state index contributed by atoms with van der Waals surface area (Å²) < 4.78 is 39.5. The van der Waals surface area contributed by atoms with Gasteiger partial charge in [-0.05, 0) is 12.1 Å². The average Bonchev–Trinajstić information content (AvgIpc) is 2.70. The van der Waals surface area contributed by atoms with Gasteiger partial charge in [0.05, 0.1) is 10.7 Å². The standard InChI is InChI=1S/C11H4Cl2F3N3/c12-7-2-1-5(3-8(7)14)19-10(13)6(4-17)9(18-19)11(15)16/h1-3,11H. The molecule has 0 aliphatic rings. The van der Waals surface area contributed by atoms with Gasteiger partial charge in [0, 0.05) is 6.07 Å². The summed E-state index contributed by atoms with van der Waals surface area (Å²) in [5, 5.41) is 11.9. The molecule has 98 valence electrons. The number of alkyl halides is 2. The predicted molar refractivity (Wildman–Crippen MR) is 63.2 cm³/mol. The summed E-state index contributed by atoms with van der Waals surface area (Å²) in [5.74, 6) is -0.747. The van der Waals surface area contributed by atoms with E-state index in [0.717, 1.165) is 10.7 Å².